The molecule has 0 bridgehead atoms. The lowest BCUT2D eigenvalue weighted by Crippen LogP contribution is -2.24. The number of hydrogen-bond acceptors (Lipinski definition) is 7. The van der Waals surface area contributed by atoms with Crippen molar-refractivity contribution in [1.82, 2.24) is 14.7 Å². The molecule has 0 amide bonds. The van der Waals surface area contributed by atoms with E-state index in [0.717, 1.165) is 12.1 Å². The highest BCUT2D eigenvalue weighted by Crippen LogP contribution is 2.25. The van der Waals surface area contributed by atoms with Gasteiger partial charge in [0.25, 0.3) is 5.69 Å². The zero-order chi connectivity index (χ0) is 15.5. The van der Waals surface area contributed by atoms with Crippen molar-refractivity contribution in [2.45, 2.75) is 11.4 Å². The van der Waals surface area contributed by atoms with E-state index >= 15 is 0 Å². The van der Waals surface area contributed by atoms with Crippen LogP contribution in [0.1, 0.15) is 5.69 Å². The monoisotopic (exact) mass is 309 g/mol. The number of nitrogens with one attached hydrogen (secondary N) is 1. The molecule has 1 aromatic carbocycles. The summed E-state index contributed by atoms with van der Waals surface area (Å²) in [6.45, 7) is -0.114. The van der Waals surface area contributed by atoms with Gasteiger partial charge < -0.3 is 5.73 Å². The topological polar surface area (TPSA) is 141 Å². The van der Waals surface area contributed by atoms with Gasteiger partial charge in [-0.25, -0.2) is 23.1 Å². The fourth-order valence-corrected chi connectivity index (χ4v) is 2.77. The largest absolute Gasteiger partial charge is 0.399 e. The molecule has 0 saturated carbocycles. The van der Waals surface area contributed by atoms with E-state index in [2.05, 4.69) is 14.7 Å². The molecule has 0 unspecified atom stereocenters. The fourth-order valence-electron chi connectivity index (χ4n) is 1.57. The number of rotatable bonds is 5. The van der Waals surface area contributed by atoms with Gasteiger partial charge in [0.15, 0.2) is 4.90 Å². The van der Waals surface area contributed by atoms with E-state index in [1.165, 1.54) is 24.7 Å². The van der Waals surface area contributed by atoms with Gasteiger partial charge in [0, 0.05) is 18.0 Å². The van der Waals surface area contributed by atoms with E-state index in [0.29, 0.717) is 5.69 Å². The highest BCUT2D eigenvalue weighted by molar-refractivity contribution is 7.89. The van der Waals surface area contributed by atoms with Crippen molar-refractivity contribution in [2.24, 2.45) is 0 Å². The summed E-state index contributed by atoms with van der Waals surface area (Å²) in [7, 11) is -4.09. The highest BCUT2D eigenvalue weighted by Gasteiger charge is 2.25. The summed E-state index contributed by atoms with van der Waals surface area (Å²) < 4.78 is 26.6. The molecule has 0 atom stereocenters. The van der Waals surface area contributed by atoms with Gasteiger partial charge >= 0.3 is 0 Å². The number of hydrogen-bond donors (Lipinski definition) is 2. The minimum absolute atomic E-state index is 0.114. The molecule has 0 aliphatic heterocycles. The molecule has 21 heavy (non-hydrogen) atoms. The maximum absolute atomic E-state index is 12.2. The van der Waals surface area contributed by atoms with Gasteiger partial charge in [0.2, 0.25) is 10.0 Å². The zero-order valence-corrected chi connectivity index (χ0v) is 11.4. The van der Waals surface area contributed by atoms with Gasteiger partial charge in [-0.15, -0.1) is 0 Å². The van der Waals surface area contributed by atoms with Crippen LogP contribution in [0.2, 0.25) is 0 Å². The molecule has 2 aromatic rings. The third-order valence-corrected chi connectivity index (χ3v) is 3.99. The molecule has 0 radical (unpaired) electrons. The molecule has 1 aromatic heterocycles. The van der Waals surface area contributed by atoms with Crippen LogP contribution in [0.4, 0.5) is 11.4 Å². The van der Waals surface area contributed by atoms with Gasteiger partial charge in [0.05, 0.1) is 17.2 Å². The normalized spacial score (nSPS) is 11.2. The van der Waals surface area contributed by atoms with Gasteiger partial charge in [-0.1, -0.05) is 0 Å². The molecule has 0 aliphatic rings. The molecule has 10 heteroatoms. The van der Waals surface area contributed by atoms with E-state index in [1.54, 1.807) is 0 Å². The Morgan fingerprint density at radius 3 is 2.71 bits per heavy atom. The lowest BCUT2D eigenvalue weighted by atomic mass is 10.3. The minimum Gasteiger partial charge on any atom is -0.399 e. The van der Waals surface area contributed by atoms with Gasteiger partial charge in [0.1, 0.15) is 6.33 Å². The smallest absolute Gasteiger partial charge is 0.289 e. The first-order valence-electron chi connectivity index (χ1n) is 5.68. The van der Waals surface area contributed by atoms with Crippen molar-refractivity contribution in [3.05, 3.63) is 52.6 Å². The first-order chi connectivity index (χ1) is 9.90. The summed E-state index contributed by atoms with van der Waals surface area (Å²) >= 11 is 0. The molecule has 110 valence electrons. The lowest BCUT2D eigenvalue weighted by molar-refractivity contribution is -0.387. The molecule has 0 aliphatic carbocycles. The van der Waals surface area contributed by atoms with Crippen molar-refractivity contribution < 1.29 is 13.3 Å². The second-order valence-corrected chi connectivity index (χ2v) is 5.74. The van der Waals surface area contributed by atoms with E-state index in [4.69, 9.17) is 5.73 Å². The number of nitrogens with two attached hydrogens (primary N) is 1. The molecule has 0 saturated heterocycles. The Bertz CT molecular complexity index is 763. The Hall–Kier alpha value is -2.59. The summed E-state index contributed by atoms with van der Waals surface area (Å²) in [5.74, 6) is 0. The maximum atomic E-state index is 12.2. The lowest BCUT2D eigenvalue weighted by Gasteiger charge is -2.07. The van der Waals surface area contributed by atoms with Crippen molar-refractivity contribution in [3.8, 4) is 0 Å². The van der Waals surface area contributed by atoms with Crippen LogP contribution in [0, 0.1) is 10.1 Å². The van der Waals surface area contributed by atoms with Gasteiger partial charge in [-0.2, -0.15) is 0 Å². The molecule has 2 rings (SSSR count). The number of sulfonamides is 1. The van der Waals surface area contributed by atoms with Crippen molar-refractivity contribution in [3.63, 3.8) is 0 Å². The maximum Gasteiger partial charge on any atom is 0.289 e. The number of benzene rings is 1. The van der Waals surface area contributed by atoms with E-state index < -0.39 is 25.5 Å². The fraction of sp³-hybridized carbons (Fsp3) is 0.0909. The second kappa shape index (κ2) is 5.81. The standard InChI is InChI=1S/C11H11N5O4S/c12-8-1-2-10(16(17)18)11(5-8)21(19,20)15-6-9-3-4-13-7-14-9/h1-5,7,15H,6,12H2. The Morgan fingerprint density at radius 2 is 2.10 bits per heavy atom. The Kier molecular flexibility index (Phi) is 4.10. The molecular weight excluding hydrogens is 298 g/mol. The molecule has 0 spiro atoms. The molecular formula is C11H11N5O4S. The van der Waals surface area contributed by atoms with E-state index in [9.17, 15) is 18.5 Å². The number of anilines is 1. The second-order valence-electron chi connectivity index (χ2n) is 4.01. The van der Waals surface area contributed by atoms with Crippen LogP contribution in [0.5, 0.6) is 0 Å². The van der Waals surface area contributed by atoms with Crippen molar-refractivity contribution in [1.29, 1.82) is 0 Å². The molecule has 1 heterocycles. The van der Waals surface area contributed by atoms with Crippen LogP contribution in [-0.2, 0) is 16.6 Å². The average molecular weight is 309 g/mol. The third kappa shape index (κ3) is 3.49. The quantitative estimate of drug-likeness (QED) is 0.464. The van der Waals surface area contributed by atoms with Crippen LogP contribution in [0.25, 0.3) is 0 Å². The first kappa shape index (κ1) is 14.8. The van der Waals surface area contributed by atoms with Crippen LogP contribution in [0.15, 0.2) is 41.7 Å². The number of nitro groups is 1. The van der Waals surface area contributed by atoms with E-state index in [1.807, 2.05) is 0 Å². The number of nitrogens with zero attached hydrogens (tertiary/aromatic N) is 3. The van der Waals surface area contributed by atoms with Crippen molar-refractivity contribution >= 4 is 21.4 Å². The molecule has 9 nitrogen and oxygen atoms in total. The number of aromatic nitrogens is 2. The third-order valence-electron chi connectivity index (χ3n) is 2.56. The summed E-state index contributed by atoms with van der Waals surface area (Å²) in [6, 6.07) is 4.88. The summed E-state index contributed by atoms with van der Waals surface area (Å²) in [4.78, 5) is 17.2. The summed E-state index contributed by atoms with van der Waals surface area (Å²) in [5.41, 5.74) is 5.50. The highest BCUT2D eigenvalue weighted by atomic mass is 32.2. The van der Waals surface area contributed by atoms with Crippen LogP contribution in [-0.4, -0.2) is 23.3 Å². The predicted octanol–water partition coefficient (Wildman–Crippen LogP) is 0.445. The number of nitrogen functional groups attached to an aromatic ring is 1. The Labute approximate surface area is 120 Å². The average Bonchev–Trinajstić information content (AvgIpc) is 2.46. The van der Waals surface area contributed by atoms with Gasteiger partial charge in [-0.05, 0) is 18.2 Å². The minimum atomic E-state index is -4.09. The predicted molar refractivity (Wildman–Crippen MR) is 73.6 cm³/mol. The van der Waals surface area contributed by atoms with Crippen molar-refractivity contribution in [2.75, 3.05) is 5.73 Å². The zero-order valence-electron chi connectivity index (χ0n) is 10.6. The molecule has 0 fully saturated rings. The molecule has 3 N–H and O–H groups in total. The van der Waals surface area contributed by atoms with Crippen LogP contribution >= 0.6 is 0 Å². The number of nitro benzene ring substituents is 1. The van der Waals surface area contributed by atoms with Crippen LogP contribution < -0.4 is 10.5 Å². The summed E-state index contributed by atoms with van der Waals surface area (Å²) in [5, 5.41) is 10.9. The van der Waals surface area contributed by atoms with E-state index in [-0.39, 0.29) is 12.2 Å². The first-order valence-corrected chi connectivity index (χ1v) is 7.17. The SMILES string of the molecule is Nc1ccc([N+](=O)[O-])c(S(=O)(=O)NCc2ccncn2)c1. The van der Waals surface area contributed by atoms with Crippen LogP contribution in [0.3, 0.4) is 0 Å². The van der Waals surface area contributed by atoms with Gasteiger partial charge in [-0.3, -0.25) is 10.1 Å². The summed E-state index contributed by atoms with van der Waals surface area (Å²) in [6.07, 6.45) is 2.73. The Morgan fingerprint density at radius 1 is 1.33 bits per heavy atom. The Balaban J connectivity index is 2.31.